The van der Waals surface area contributed by atoms with E-state index in [0.717, 1.165) is 36.8 Å². The first-order valence-corrected chi connectivity index (χ1v) is 9.80. The zero-order valence-corrected chi connectivity index (χ0v) is 17.4. The molecule has 0 saturated carbocycles. The van der Waals surface area contributed by atoms with Crippen LogP contribution in [0.4, 0.5) is 0 Å². The Balaban J connectivity index is 1.89. The lowest BCUT2D eigenvalue weighted by Crippen LogP contribution is -2.36. The maximum absolute atomic E-state index is 10.5. The maximum atomic E-state index is 10.5. The van der Waals surface area contributed by atoms with E-state index in [4.69, 9.17) is 14.2 Å². The largest absolute Gasteiger partial charge is 0.497 e. The van der Waals surface area contributed by atoms with Crippen molar-refractivity contribution in [2.45, 2.75) is 32.9 Å². The molecule has 0 bridgehead atoms. The van der Waals surface area contributed by atoms with Crippen molar-refractivity contribution in [3.05, 3.63) is 54.1 Å². The Bertz CT molecular complexity index is 670. The van der Waals surface area contributed by atoms with E-state index in [1.54, 1.807) is 14.2 Å². The van der Waals surface area contributed by atoms with E-state index >= 15 is 0 Å². The quantitative estimate of drug-likeness (QED) is 0.597. The van der Waals surface area contributed by atoms with Crippen molar-refractivity contribution in [3.8, 4) is 17.2 Å². The molecule has 0 amide bonds. The van der Waals surface area contributed by atoms with E-state index in [0.29, 0.717) is 12.5 Å². The van der Waals surface area contributed by atoms with Gasteiger partial charge in [-0.2, -0.15) is 0 Å². The molecule has 2 aromatic carbocycles. The highest BCUT2D eigenvalue weighted by atomic mass is 16.5. The van der Waals surface area contributed by atoms with Crippen LogP contribution in [0.5, 0.6) is 17.2 Å². The molecule has 2 aromatic rings. The van der Waals surface area contributed by atoms with Gasteiger partial charge in [-0.15, -0.1) is 0 Å². The summed E-state index contributed by atoms with van der Waals surface area (Å²) in [5.74, 6) is 2.98. The summed E-state index contributed by atoms with van der Waals surface area (Å²) < 4.78 is 16.1. The van der Waals surface area contributed by atoms with Crippen LogP contribution < -0.4 is 14.2 Å². The molecule has 5 nitrogen and oxygen atoms in total. The maximum Gasteiger partial charge on any atom is 0.119 e. The Kier molecular flexibility index (Phi) is 9.11. The molecular weight excluding hydrogens is 354 g/mol. The van der Waals surface area contributed by atoms with Gasteiger partial charge in [0.25, 0.3) is 0 Å². The van der Waals surface area contributed by atoms with E-state index in [1.165, 1.54) is 5.56 Å². The molecule has 1 N–H and O–H groups in total. The molecule has 0 aliphatic rings. The first-order valence-electron chi connectivity index (χ1n) is 9.80. The fourth-order valence-electron chi connectivity index (χ4n) is 2.88. The number of benzene rings is 2. The topological polar surface area (TPSA) is 51.2 Å². The molecule has 28 heavy (non-hydrogen) atoms. The Morgan fingerprint density at radius 2 is 1.39 bits per heavy atom. The van der Waals surface area contributed by atoms with E-state index in [-0.39, 0.29) is 6.61 Å². The number of hydrogen-bond acceptors (Lipinski definition) is 5. The van der Waals surface area contributed by atoms with Gasteiger partial charge in [0.15, 0.2) is 0 Å². The van der Waals surface area contributed by atoms with Crippen molar-refractivity contribution in [2.75, 3.05) is 33.9 Å². The molecule has 0 spiro atoms. The minimum atomic E-state index is -0.562. The van der Waals surface area contributed by atoms with Crippen LogP contribution in [-0.4, -0.2) is 50.0 Å². The molecule has 0 aliphatic carbocycles. The second-order valence-corrected chi connectivity index (χ2v) is 7.41. The Morgan fingerprint density at radius 1 is 0.857 bits per heavy atom. The monoisotopic (exact) mass is 387 g/mol. The third-order valence-corrected chi connectivity index (χ3v) is 4.56. The summed E-state index contributed by atoms with van der Waals surface area (Å²) in [4.78, 5) is 2.28. The summed E-state index contributed by atoms with van der Waals surface area (Å²) in [6, 6.07) is 15.5. The lowest BCUT2D eigenvalue weighted by atomic mass is 10.1. The standard InChI is InChI=1S/C23H33NO4/c1-18(2)13-14-24(15-19-5-7-21(26-3)8-6-19)16-20(25)17-28-23-11-9-22(27-4)10-12-23/h5-12,18,20,25H,13-17H2,1-4H3/t20-/m0/s1. The minimum Gasteiger partial charge on any atom is -0.497 e. The van der Waals surface area contributed by atoms with E-state index in [9.17, 15) is 5.11 Å². The number of hydrogen-bond donors (Lipinski definition) is 1. The highest BCUT2D eigenvalue weighted by molar-refractivity contribution is 5.31. The smallest absolute Gasteiger partial charge is 0.119 e. The second kappa shape index (κ2) is 11.6. The highest BCUT2D eigenvalue weighted by Gasteiger charge is 2.14. The van der Waals surface area contributed by atoms with Crippen molar-refractivity contribution in [3.63, 3.8) is 0 Å². The lowest BCUT2D eigenvalue weighted by molar-refractivity contribution is 0.0639. The Hall–Kier alpha value is -2.24. The van der Waals surface area contributed by atoms with Crippen molar-refractivity contribution in [1.29, 1.82) is 0 Å². The van der Waals surface area contributed by atoms with Gasteiger partial charge in [-0.05, 0) is 60.8 Å². The fourth-order valence-corrected chi connectivity index (χ4v) is 2.88. The van der Waals surface area contributed by atoms with Crippen molar-refractivity contribution >= 4 is 0 Å². The van der Waals surface area contributed by atoms with Gasteiger partial charge in [0.05, 0.1) is 14.2 Å². The summed E-state index contributed by atoms with van der Waals surface area (Å²) in [7, 11) is 3.30. The fraction of sp³-hybridized carbons (Fsp3) is 0.478. The minimum absolute atomic E-state index is 0.257. The van der Waals surface area contributed by atoms with Crippen molar-refractivity contribution < 1.29 is 19.3 Å². The van der Waals surface area contributed by atoms with Gasteiger partial charge in [-0.25, -0.2) is 0 Å². The van der Waals surface area contributed by atoms with Crippen LogP contribution in [0.2, 0.25) is 0 Å². The summed E-state index contributed by atoms with van der Waals surface area (Å²) in [5.41, 5.74) is 1.20. The first-order chi connectivity index (χ1) is 13.5. The van der Waals surface area contributed by atoms with Crippen LogP contribution in [0, 0.1) is 5.92 Å². The van der Waals surface area contributed by atoms with Crippen molar-refractivity contribution in [2.24, 2.45) is 5.92 Å². The van der Waals surface area contributed by atoms with E-state index < -0.39 is 6.10 Å². The third-order valence-electron chi connectivity index (χ3n) is 4.56. The highest BCUT2D eigenvalue weighted by Crippen LogP contribution is 2.18. The van der Waals surface area contributed by atoms with E-state index in [1.807, 2.05) is 36.4 Å². The van der Waals surface area contributed by atoms with Gasteiger partial charge in [0.1, 0.15) is 30.0 Å². The Labute approximate surface area is 168 Å². The number of ether oxygens (including phenoxy) is 3. The summed E-state index contributed by atoms with van der Waals surface area (Å²) in [6.45, 7) is 6.98. The zero-order valence-electron chi connectivity index (χ0n) is 17.4. The molecule has 0 aromatic heterocycles. The molecule has 0 heterocycles. The SMILES string of the molecule is COc1ccc(CN(CCC(C)C)C[C@H](O)COc2ccc(OC)cc2)cc1. The average molecular weight is 388 g/mol. The van der Waals surface area contributed by atoms with Gasteiger partial charge < -0.3 is 19.3 Å². The molecule has 0 radical (unpaired) electrons. The number of methoxy groups -OCH3 is 2. The van der Waals surface area contributed by atoms with Crippen LogP contribution in [-0.2, 0) is 6.54 Å². The average Bonchev–Trinajstić information content (AvgIpc) is 2.71. The first kappa shape index (κ1) is 22.1. The number of nitrogens with zero attached hydrogens (tertiary/aromatic N) is 1. The summed E-state index contributed by atoms with van der Waals surface area (Å²) >= 11 is 0. The molecule has 154 valence electrons. The van der Waals surface area contributed by atoms with Crippen LogP contribution in [0.3, 0.4) is 0 Å². The van der Waals surface area contributed by atoms with Gasteiger partial charge in [0, 0.05) is 13.1 Å². The van der Waals surface area contributed by atoms with Gasteiger partial charge in [0.2, 0.25) is 0 Å². The summed E-state index contributed by atoms with van der Waals surface area (Å²) in [5, 5.41) is 10.5. The lowest BCUT2D eigenvalue weighted by Gasteiger charge is -2.26. The van der Waals surface area contributed by atoms with Crippen LogP contribution in [0.15, 0.2) is 48.5 Å². The Morgan fingerprint density at radius 3 is 1.93 bits per heavy atom. The molecule has 0 unspecified atom stereocenters. The molecular formula is C23H33NO4. The predicted octanol–water partition coefficient (Wildman–Crippen LogP) is 3.99. The summed E-state index contributed by atoms with van der Waals surface area (Å²) in [6.07, 6.45) is 0.523. The number of rotatable bonds is 12. The van der Waals surface area contributed by atoms with Crippen LogP contribution in [0.1, 0.15) is 25.8 Å². The van der Waals surface area contributed by atoms with E-state index in [2.05, 4.69) is 30.9 Å². The predicted molar refractivity (Wildman–Crippen MR) is 112 cm³/mol. The molecule has 0 aliphatic heterocycles. The van der Waals surface area contributed by atoms with Gasteiger partial charge in [-0.1, -0.05) is 26.0 Å². The number of aliphatic hydroxyl groups is 1. The molecule has 1 atom stereocenters. The second-order valence-electron chi connectivity index (χ2n) is 7.41. The molecule has 5 heteroatoms. The van der Waals surface area contributed by atoms with Crippen LogP contribution in [0.25, 0.3) is 0 Å². The zero-order chi connectivity index (χ0) is 20.4. The molecule has 2 rings (SSSR count). The normalized spacial score (nSPS) is 12.2. The van der Waals surface area contributed by atoms with Crippen LogP contribution >= 0.6 is 0 Å². The third kappa shape index (κ3) is 7.79. The molecule has 0 saturated heterocycles. The molecule has 0 fully saturated rings. The number of aliphatic hydroxyl groups excluding tert-OH is 1. The van der Waals surface area contributed by atoms with Crippen molar-refractivity contribution in [1.82, 2.24) is 4.90 Å². The van der Waals surface area contributed by atoms with Gasteiger partial charge >= 0.3 is 0 Å². The van der Waals surface area contributed by atoms with Gasteiger partial charge in [-0.3, -0.25) is 4.90 Å².